The molecule has 0 saturated heterocycles. The Labute approximate surface area is 111 Å². The van der Waals surface area contributed by atoms with E-state index in [1.54, 1.807) is 12.2 Å². The molecule has 1 N–H and O–H groups in total. The first kappa shape index (κ1) is 12.9. The monoisotopic (exact) mass is 254 g/mol. The zero-order chi connectivity index (χ0) is 13.7. The van der Waals surface area contributed by atoms with E-state index >= 15 is 0 Å². The maximum absolute atomic E-state index is 10.7. The van der Waals surface area contributed by atoms with Gasteiger partial charge < -0.3 is 9.84 Å². The van der Waals surface area contributed by atoms with E-state index in [4.69, 9.17) is 9.84 Å². The predicted octanol–water partition coefficient (Wildman–Crippen LogP) is 3.50. The molecule has 2 rings (SSSR count). The van der Waals surface area contributed by atoms with Crippen molar-refractivity contribution in [1.29, 1.82) is 0 Å². The zero-order valence-corrected chi connectivity index (χ0v) is 10.4. The van der Waals surface area contributed by atoms with Gasteiger partial charge in [0.1, 0.15) is 12.4 Å². The van der Waals surface area contributed by atoms with Crippen molar-refractivity contribution in [2.24, 2.45) is 0 Å². The van der Waals surface area contributed by atoms with Gasteiger partial charge in [-0.2, -0.15) is 0 Å². The first-order valence-electron chi connectivity index (χ1n) is 5.89. The minimum Gasteiger partial charge on any atom is -0.489 e. The van der Waals surface area contributed by atoms with E-state index in [0.717, 1.165) is 22.4 Å². The highest BCUT2D eigenvalue weighted by molar-refractivity contribution is 5.96. The predicted molar refractivity (Wildman–Crippen MR) is 76.3 cm³/mol. The number of carboxylic acids is 1. The molecule has 0 bridgehead atoms. The molecule has 2 aromatic rings. The van der Waals surface area contributed by atoms with E-state index in [0.29, 0.717) is 12.4 Å². The summed E-state index contributed by atoms with van der Waals surface area (Å²) in [7, 11) is 0. The van der Waals surface area contributed by atoms with Crippen molar-refractivity contribution in [3.8, 4) is 5.75 Å². The first-order valence-corrected chi connectivity index (χ1v) is 5.89. The van der Waals surface area contributed by atoms with Gasteiger partial charge in [0.15, 0.2) is 0 Å². The van der Waals surface area contributed by atoms with Crippen molar-refractivity contribution in [1.82, 2.24) is 0 Å². The minimum absolute atomic E-state index is 0.381. The number of benzene rings is 2. The second-order valence-electron chi connectivity index (χ2n) is 3.97. The van der Waals surface area contributed by atoms with Crippen molar-refractivity contribution < 1.29 is 14.6 Å². The van der Waals surface area contributed by atoms with Crippen LogP contribution in [0.1, 0.15) is 5.56 Å². The summed E-state index contributed by atoms with van der Waals surface area (Å²) in [5.74, 6) is -0.335. The molecular formula is C16H14O3. The molecule has 0 aliphatic rings. The number of ether oxygens (including phenoxy) is 1. The highest BCUT2D eigenvalue weighted by Crippen LogP contribution is 2.29. The summed E-state index contributed by atoms with van der Waals surface area (Å²) in [5.41, 5.74) is 0.766. The SMILES string of the molecule is C=CCOc1ccc2ccccc2c1/C=C/C(=O)O. The molecule has 0 spiro atoms. The van der Waals surface area contributed by atoms with Crippen molar-refractivity contribution in [3.05, 3.63) is 60.7 Å². The smallest absolute Gasteiger partial charge is 0.328 e. The third kappa shape index (κ3) is 3.01. The molecule has 96 valence electrons. The van der Waals surface area contributed by atoms with E-state index in [1.165, 1.54) is 0 Å². The molecule has 19 heavy (non-hydrogen) atoms. The lowest BCUT2D eigenvalue weighted by molar-refractivity contribution is -0.131. The molecule has 0 fully saturated rings. The quantitative estimate of drug-likeness (QED) is 0.656. The normalized spacial score (nSPS) is 10.7. The van der Waals surface area contributed by atoms with E-state index in [2.05, 4.69) is 6.58 Å². The molecule has 0 aliphatic heterocycles. The molecule has 2 aromatic carbocycles. The number of hydrogen-bond donors (Lipinski definition) is 1. The Kier molecular flexibility index (Phi) is 3.98. The van der Waals surface area contributed by atoms with Crippen molar-refractivity contribution >= 4 is 22.8 Å². The van der Waals surface area contributed by atoms with E-state index in [9.17, 15) is 4.79 Å². The molecule has 0 aromatic heterocycles. The van der Waals surface area contributed by atoms with Gasteiger partial charge in [0, 0.05) is 11.6 Å². The van der Waals surface area contributed by atoms with Gasteiger partial charge >= 0.3 is 5.97 Å². The number of rotatable bonds is 5. The number of aliphatic carboxylic acids is 1. The van der Waals surface area contributed by atoms with E-state index < -0.39 is 5.97 Å². The fourth-order valence-corrected chi connectivity index (χ4v) is 1.88. The summed E-state index contributed by atoms with van der Waals surface area (Å²) in [6.45, 7) is 3.99. The number of carbonyl (C=O) groups is 1. The van der Waals surface area contributed by atoms with Crippen LogP contribution in [-0.4, -0.2) is 17.7 Å². The summed E-state index contributed by atoms with van der Waals surface area (Å²) in [6.07, 6.45) is 4.32. The largest absolute Gasteiger partial charge is 0.489 e. The Morgan fingerprint density at radius 3 is 2.79 bits per heavy atom. The average molecular weight is 254 g/mol. The van der Waals surface area contributed by atoms with Gasteiger partial charge in [0.2, 0.25) is 0 Å². The standard InChI is InChI=1S/C16H14O3/c1-2-11-19-15-9-7-12-5-3-4-6-13(12)14(15)8-10-16(17)18/h2-10H,1,11H2,(H,17,18)/b10-8+. The first-order chi connectivity index (χ1) is 9.22. The molecule has 0 atom stereocenters. The van der Waals surface area contributed by atoms with Gasteiger partial charge in [0.05, 0.1) is 0 Å². The van der Waals surface area contributed by atoms with Crippen LogP contribution >= 0.6 is 0 Å². The molecule has 0 unspecified atom stereocenters. The molecule has 3 nitrogen and oxygen atoms in total. The van der Waals surface area contributed by atoms with Gasteiger partial charge in [-0.25, -0.2) is 4.79 Å². The lowest BCUT2D eigenvalue weighted by atomic mass is 10.0. The summed E-state index contributed by atoms with van der Waals surface area (Å²) in [6, 6.07) is 11.6. The lowest BCUT2D eigenvalue weighted by Gasteiger charge is -2.10. The van der Waals surface area contributed by atoms with Crippen LogP contribution in [0.5, 0.6) is 5.75 Å². The summed E-state index contributed by atoms with van der Waals surface area (Å²) >= 11 is 0. The van der Waals surface area contributed by atoms with Crippen LogP contribution in [0.3, 0.4) is 0 Å². The van der Waals surface area contributed by atoms with Gasteiger partial charge in [0.25, 0.3) is 0 Å². The molecule has 3 heteroatoms. The number of hydrogen-bond acceptors (Lipinski definition) is 2. The Morgan fingerprint density at radius 1 is 1.26 bits per heavy atom. The van der Waals surface area contributed by atoms with Crippen molar-refractivity contribution in [2.45, 2.75) is 0 Å². The maximum atomic E-state index is 10.7. The van der Waals surface area contributed by atoms with Gasteiger partial charge in [-0.15, -0.1) is 0 Å². The fourth-order valence-electron chi connectivity index (χ4n) is 1.88. The summed E-state index contributed by atoms with van der Waals surface area (Å²) in [4.78, 5) is 10.7. The highest BCUT2D eigenvalue weighted by Gasteiger charge is 2.06. The zero-order valence-electron chi connectivity index (χ0n) is 10.4. The highest BCUT2D eigenvalue weighted by atomic mass is 16.5. The molecule has 0 amide bonds. The van der Waals surface area contributed by atoms with Crippen molar-refractivity contribution in [3.63, 3.8) is 0 Å². The van der Waals surface area contributed by atoms with Gasteiger partial charge in [-0.3, -0.25) is 0 Å². The topological polar surface area (TPSA) is 46.5 Å². The minimum atomic E-state index is -0.984. The molecule has 0 radical (unpaired) electrons. The lowest BCUT2D eigenvalue weighted by Crippen LogP contribution is -1.96. The van der Waals surface area contributed by atoms with Crippen LogP contribution in [0.4, 0.5) is 0 Å². The van der Waals surface area contributed by atoms with Crippen LogP contribution in [0, 0.1) is 0 Å². The maximum Gasteiger partial charge on any atom is 0.328 e. The van der Waals surface area contributed by atoms with E-state index in [1.807, 2.05) is 36.4 Å². The van der Waals surface area contributed by atoms with Gasteiger partial charge in [-0.1, -0.05) is 43.0 Å². The second kappa shape index (κ2) is 5.87. The third-order valence-electron chi connectivity index (χ3n) is 2.68. The number of fused-ring (bicyclic) bond motifs is 1. The molecular weight excluding hydrogens is 240 g/mol. The molecule has 0 heterocycles. The van der Waals surface area contributed by atoms with Crippen LogP contribution in [0.25, 0.3) is 16.8 Å². The summed E-state index contributed by atoms with van der Waals surface area (Å²) in [5, 5.41) is 10.8. The van der Waals surface area contributed by atoms with Crippen LogP contribution in [0.15, 0.2) is 55.1 Å². The van der Waals surface area contributed by atoms with Crippen molar-refractivity contribution in [2.75, 3.05) is 6.61 Å². The Hall–Kier alpha value is -2.55. The third-order valence-corrected chi connectivity index (χ3v) is 2.68. The average Bonchev–Trinajstić information content (AvgIpc) is 2.42. The van der Waals surface area contributed by atoms with Crippen LogP contribution in [-0.2, 0) is 4.79 Å². The molecule has 0 saturated carbocycles. The van der Waals surface area contributed by atoms with Crippen LogP contribution in [0.2, 0.25) is 0 Å². The van der Waals surface area contributed by atoms with Gasteiger partial charge in [-0.05, 0) is 22.9 Å². The molecule has 0 aliphatic carbocycles. The Morgan fingerprint density at radius 2 is 2.05 bits per heavy atom. The van der Waals surface area contributed by atoms with E-state index in [-0.39, 0.29) is 0 Å². The Bertz CT molecular complexity index is 641. The second-order valence-corrected chi connectivity index (χ2v) is 3.97. The Balaban J connectivity index is 2.57. The fraction of sp³-hybridized carbons (Fsp3) is 0.0625. The van der Waals surface area contributed by atoms with Crippen LogP contribution < -0.4 is 4.74 Å². The summed E-state index contributed by atoms with van der Waals surface area (Å²) < 4.78 is 5.56. The number of carboxylic acid groups (broad SMARTS) is 1.